The van der Waals surface area contributed by atoms with Gasteiger partial charge >= 0.3 is 0 Å². The second-order valence-electron chi connectivity index (χ2n) is 13.7. The second-order valence-corrected chi connectivity index (χ2v) is 14.8. The van der Waals surface area contributed by atoms with Crippen LogP contribution >= 0.6 is 11.3 Å². The fourth-order valence-corrected chi connectivity index (χ4v) is 9.13. The van der Waals surface area contributed by atoms with E-state index in [1.54, 1.807) is 0 Å². The summed E-state index contributed by atoms with van der Waals surface area (Å²) in [5, 5.41) is 5.01. The average Bonchev–Trinajstić information content (AvgIpc) is 3.67. The Morgan fingerprint density at radius 1 is 0.309 bits per heavy atom. The zero-order valence-corrected chi connectivity index (χ0v) is 30.9. The van der Waals surface area contributed by atoms with Crippen LogP contribution in [0.25, 0.3) is 53.2 Å². The molecule has 0 N–H and O–H groups in total. The highest BCUT2D eigenvalue weighted by Crippen LogP contribution is 2.52. The zero-order chi connectivity index (χ0) is 36.6. The quantitative estimate of drug-likeness (QED) is 0.154. The Bertz CT molecular complexity index is 2920. The van der Waals surface area contributed by atoms with E-state index < -0.39 is 0 Å². The van der Waals surface area contributed by atoms with Crippen LogP contribution in [0.1, 0.15) is 0 Å². The highest BCUT2D eigenvalue weighted by molar-refractivity contribution is 7.26. The molecule has 0 bridgehead atoms. The largest absolute Gasteiger partial charge is 0.310 e. The molecule has 0 aliphatic carbocycles. The Kier molecular flexibility index (Phi) is 8.40. The number of hydrogen-bond acceptors (Lipinski definition) is 3. The van der Waals surface area contributed by atoms with Crippen LogP contribution in [0.5, 0.6) is 0 Å². The third-order valence-corrected chi connectivity index (χ3v) is 11.6. The normalized spacial score (nSPS) is 11.3. The van der Waals surface area contributed by atoms with E-state index in [4.69, 9.17) is 0 Å². The molecule has 0 radical (unpaired) electrons. The van der Waals surface area contributed by atoms with Crippen molar-refractivity contribution in [3.63, 3.8) is 0 Å². The van der Waals surface area contributed by atoms with Gasteiger partial charge in [0.1, 0.15) is 0 Å². The van der Waals surface area contributed by atoms with Crippen LogP contribution in [0.15, 0.2) is 218 Å². The minimum Gasteiger partial charge on any atom is -0.310 e. The van der Waals surface area contributed by atoms with Gasteiger partial charge in [0.05, 0.1) is 16.1 Å². The molecule has 1 aromatic heterocycles. The molecule has 0 saturated carbocycles. The molecule has 260 valence electrons. The Labute approximate surface area is 325 Å². The molecule has 0 spiro atoms. The van der Waals surface area contributed by atoms with Crippen LogP contribution in [0, 0.1) is 0 Å². The van der Waals surface area contributed by atoms with Gasteiger partial charge in [-0.25, -0.2) is 0 Å². The third kappa shape index (κ3) is 6.01. The van der Waals surface area contributed by atoms with Crippen molar-refractivity contribution in [2.45, 2.75) is 0 Å². The topological polar surface area (TPSA) is 6.48 Å². The van der Waals surface area contributed by atoms with E-state index in [1.165, 1.54) is 53.2 Å². The van der Waals surface area contributed by atoms with Gasteiger partial charge in [-0.2, -0.15) is 0 Å². The van der Waals surface area contributed by atoms with Gasteiger partial charge in [-0.05, 0) is 99.8 Å². The lowest BCUT2D eigenvalue weighted by atomic mass is 10.00. The maximum atomic E-state index is 2.44. The van der Waals surface area contributed by atoms with Crippen molar-refractivity contribution in [1.82, 2.24) is 0 Å². The van der Waals surface area contributed by atoms with Crippen molar-refractivity contribution in [2.24, 2.45) is 0 Å². The second kappa shape index (κ2) is 14.1. The third-order valence-electron chi connectivity index (χ3n) is 10.4. The Morgan fingerprint density at radius 3 is 1.35 bits per heavy atom. The summed E-state index contributed by atoms with van der Waals surface area (Å²) in [4.78, 5) is 4.87. The van der Waals surface area contributed by atoms with Crippen LogP contribution in [-0.2, 0) is 0 Å². The summed E-state index contributed by atoms with van der Waals surface area (Å²) in [7, 11) is 0. The summed E-state index contributed by atoms with van der Waals surface area (Å²) in [6.07, 6.45) is 0. The zero-order valence-electron chi connectivity index (χ0n) is 30.1. The summed E-state index contributed by atoms with van der Waals surface area (Å²) < 4.78 is 2.50. The highest BCUT2D eigenvalue weighted by Gasteiger charge is 2.25. The molecule has 0 unspecified atom stereocenters. The molecule has 0 fully saturated rings. The monoisotopic (exact) mass is 720 g/mol. The lowest BCUT2D eigenvalue weighted by Gasteiger charge is -2.30. The molecule has 1 heterocycles. The van der Waals surface area contributed by atoms with Crippen LogP contribution in [0.4, 0.5) is 34.1 Å². The summed E-state index contributed by atoms with van der Waals surface area (Å²) in [6.45, 7) is 0. The van der Waals surface area contributed by atoms with E-state index in [0.717, 1.165) is 34.1 Å². The van der Waals surface area contributed by atoms with Crippen molar-refractivity contribution in [3.8, 4) is 22.3 Å². The molecule has 0 aliphatic heterocycles. The molecular formula is C52H36N2S. The van der Waals surface area contributed by atoms with Crippen molar-refractivity contribution < 1.29 is 0 Å². The minimum atomic E-state index is 1.11. The molecule has 10 rings (SSSR count). The molecule has 0 saturated heterocycles. The fraction of sp³-hybridized carbons (Fsp3) is 0. The molecule has 55 heavy (non-hydrogen) atoms. The summed E-state index contributed by atoms with van der Waals surface area (Å²) in [5.41, 5.74) is 11.5. The standard InChI is InChI=1S/C52H36N2S/c1-5-17-37(18-6-1)40-22-15-28-44(35-40)53(42-24-9-3-10-25-42)47-32-33-48(52-51(47)50-46-30-14-13-21-39(46)31-34-49(50)55-52)54(43-26-11-4-12-27-43)45-29-16-23-41(36-45)38-19-7-2-8-20-38/h1-36H. The van der Waals surface area contributed by atoms with Gasteiger partial charge in [-0.15, -0.1) is 11.3 Å². The van der Waals surface area contributed by atoms with Gasteiger partial charge in [-0.3, -0.25) is 0 Å². The molecule has 0 amide bonds. The number of benzene rings is 9. The van der Waals surface area contributed by atoms with E-state index >= 15 is 0 Å². The maximum absolute atomic E-state index is 2.44. The molecule has 9 aromatic carbocycles. The Balaban J connectivity index is 1.28. The van der Waals surface area contributed by atoms with E-state index in [1.807, 2.05) is 11.3 Å². The Hall–Kier alpha value is -6.94. The average molecular weight is 721 g/mol. The highest BCUT2D eigenvalue weighted by atomic mass is 32.1. The number of thiophene rings is 1. The molecule has 0 aliphatic rings. The van der Waals surface area contributed by atoms with Gasteiger partial charge in [0.15, 0.2) is 0 Å². The van der Waals surface area contributed by atoms with Crippen LogP contribution in [0.3, 0.4) is 0 Å². The number of para-hydroxylation sites is 2. The number of anilines is 6. The van der Waals surface area contributed by atoms with Crippen molar-refractivity contribution >= 4 is 76.4 Å². The first-order valence-corrected chi connectivity index (χ1v) is 19.5. The van der Waals surface area contributed by atoms with Crippen LogP contribution < -0.4 is 9.80 Å². The molecular weight excluding hydrogens is 685 g/mol. The first kappa shape index (κ1) is 32.7. The van der Waals surface area contributed by atoms with Gasteiger partial charge in [0.25, 0.3) is 0 Å². The summed E-state index contributed by atoms with van der Waals surface area (Å²) in [6, 6.07) is 78.8. The van der Waals surface area contributed by atoms with Crippen molar-refractivity contribution in [1.29, 1.82) is 0 Å². The number of rotatable bonds is 8. The lowest BCUT2D eigenvalue weighted by molar-refractivity contribution is 1.28. The van der Waals surface area contributed by atoms with Crippen LogP contribution in [-0.4, -0.2) is 0 Å². The number of hydrogen-bond donors (Lipinski definition) is 0. The predicted molar refractivity (Wildman–Crippen MR) is 237 cm³/mol. The summed E-state index contributed by atoms with van der Waals surface area (Å²) >= 11 is 1.88. The van der Waals surface area contributed by atoms with Crippen molar-refractivity contribution in [2.75, 3.05) is 9.80 Å². The molecule has 0 atom stereocenters. The summed E-state index contributed by atoms with van der Waals surface area (Å²) in [5.74, 6) is 0. The number of fused-ring (bicyclic) bond motifs is 5. The van der Waals surface area contributed by atoms with Gasteiger partial charge in [0, 0.05) is 38.2 Å². The van der Waals surface area contributed by atoms with E-state index in [-0.39, 0.29) is 0 Å². The van der Waals surface area contributed by atoms with Crippen molar-refractivity contribution in [3.05, 3.63) is 218 Å². The van der Waals surface area contributed by atoms with E-state index in [9.17, 15) is 0 Å². The first-order valence-electron chi connectivity index (χ1n) is 18.7. The van der Waals surface area contributed by atoms with Gasteiger partial charge < -0.3 is 9.80 Å². The lowest BCUT2D eigenvalue weighted by Crippen LogP contribution is -2.13. The fourth-order valence-electron chi connectivity index (χ4n) is 7.89. The Morgan fingerprint density at radius 2 is 0.764 bits per heavy atom. The van der Waals surface area contributed by atoms with Gasteiger partial charge in [0.2, 0.25) is 0 Å². The SMILES string of the molecule is c1ccc(-c2cccc(N(c3ccccc3)c3ccc(N(c4ccccc4)c4cccc(-c5ccccc5)c4)c4c3sc3ccc5ccccc5c34)c2)cc1. The van der Waals surface area contributed by atoms with Gasteiger partial charge in [-0.1, -0.05) is 152 Å². The number of nitrogens with zero attached hydrogens (tertiary/aromatic N) is 2. The smallest absolute Gasteiger partial charge is 0.0641 e. The van der Waals surface area contributed by atoms with Crippen LogP contribution in [0.2, 0.25) is 0 Å². The first-order chi connectivity index (χ1) is 27.3. The molecule has 2 nitrogen and oxygen atoms in total. The van der Waals surface area contributed by atoms with E-state index in [2.05, 4.69) is 228 Å². The minimum absolute atomic E-state index is 1.11. The molecule has 3 heteroatoms. The van der Waals surface area contributed by atoms with E-state index in [0.29, 0.717) is 0 Å². The maximum Gasteiger partial charge on any atom is 0.0641 e. The predicted octanol–water partition coefficient (Wildman–Crippen LogP) is 15.5. The molecule has 10 aromatic rings.